The number of hydrogen-bond donors (Lipinski definition) is 1. The molecule has 104 valence electrons. The van der Waals surface area contributed by atoms with Crippen LogP contribution in [-0.4, -0.2) is 11.5 Å². The minimum absolute atomic E-state index is 0.116. The third kappa shape index (κ3) is 2.36. The van der Waals surface area contributed by atoms with Gasteiger partial charge in [0.05, 0.1) is 4.92 Å². The van der Waals surface area contributed by atoms with Crippen LogP contribution in [0.3, 0.4) is 0 Å². The first-order valence-corrected chi connectivity index (χ1v) is 7.15. The van der Waals surface area contributed by atoms with E-state index in [9.17, 15) is 10.1 Å². The Bertz CT molecular complexity index is 512. The maximum atomic E-state index is 11.0. The van der Waals surface area contributed by atoms with Crippen molar-refractivity contribution in [3.63, 3.8) is 0 Å². The Balaban J connectivity index is 2.11. The number of hydrogen-bond acceptors (Lipinski definition) is 3. The van der Waals surface area contributed by atoms with E-state index in [2.05, 4.69) is 48.9 Å². The number of rotatable bonds is 4. The lowest BCUT2D eigenvalue weighted by molar-refractivity contribution is -0.384. The van der Waals surface area contributed by atoms with E-state index in [-0.39, 0.29) is 21.4 Å². The topological polar surface area (TPSA) is 55.2 Å². The molecule has 0 atom stereocenters. The lowest BCUT2D eigenvalue weighted by Crippen LogP contribution is -2.09. The van der Waals surface area contributed by atoms with Crippen molar-refractivity contribution in [3.8, 4) is 0 Å². The SMILES string of the molecule is CC1(C)C(CNc2ccc(Br)cc2[N+](=O)[O-])C1(C)C. The Morgan fingerprint density at radius 3 is 2.37 bits per heavy atom. The van der Waals surface area contributed by atoms with E-state index in [4.69, 9.17) is 0 Å². The molecule has 0 bridgehead atoms. The summed E-state index contributed by atoms with van der Waals surface area (Å²) in [6, 6.07) is 5.11. The van der Waals surface area contributed by atoms with Crippen molar-refractivity contribution in [3.05, 3.63) is 32.8 Å². The van der Waals surface area contributed by atoms with Crippen LogP contribution in [0.5, 0.6) is 0 Å². The molecule has 5 heteroatoms. The van der Waals surface area contributed by atoms with Crippen LogP contribution < -0.4 is 5.32 Å². The van der Waals surface area contributed by atoms with E-state index >= 15 is 0 Å². The maximum absolute atomic E-state index is 11.0. The summed E-state index contributed by atoms with van der Waals surface area (Å²) in [4.78, 5) is 10.7. The van der Waals surface area contributed by atoms with Crippen LogP contribution in [-0.2, 0) is 0 Å². The lowest BCUT2D eigenvalue weighted by atomic mass is 10.0. The molecule has 0 saturated heterocycles. The Morgan fingerprint density at radius 1 is 1.32 bits per heavy atom. The summed E-state index contributed by atoms with van der Waals surface area (Å²) in [6.07, 6.45) is 0. The normalized spacial score (nSPS) is 20.1. The van der Waals surface area contributed by atoms with Gasteiger partial charge in [-0.25, -0.2) is 0 Å². The van der Waals surface area contributed by atoms with Gasteiger partial charge in [0.1, 0.15) is 5.69 Å². The first kappa shape index (κ1) is 14.3. The highest BCUT2D eigenvalue weighted by Gasteiger charge is 2.64. The molecular formula is C14H19BrN2O2. The molecule has 0 unspecified atom stereocenters. The van der Waals surface area contributed by atoms with Gasteiger partial charge in [0.2, 0.25) is 0 Å². The number of nitrogens with one attached hydrogen (secondary N) is 1. The molecule has 0 radical (unpaired) electrons. The largest absolute Gasteiger partial charge is 0.379 e. The van der Waals surface area contributed by atoms with Crippen LogP contribution in [0.2, 0.25) is 0 Å². The van der Waals surface area contributed by atoms with Gasteiger partial charge < -0.3 is 5.32 Å². The number of anilines is 1. The zero-order chi connectivity index (χ0) is 14.4. The minimum Gasteiger partial charge on any atom is -0.379 e. The van der Waals surface area contributed by atoms with Crippen molar-refractivity contribution in [2.24, 2.45) is 16.7 Å². The van der Waals surface area contributed by atoms with Crippen molar-refractivity contribution in [2.45, 2.75) is 27.7 Å². The number of nitrogens with zero attached hydrogens (tertiary/aromatic N) is 1. The van der Waals surface area contributed by atoms with Crippen molar-refractivity contribution >= 4 is 27.3 Å². The van der Waals surface area contributed by atoms with E-state index in [0.717, 1.165) is 11.0 Å². The summed E-state index contributed by atoms with van der Waals surface area (Å²) < 4.78 is 0.719. The van der Waals surface area contributed by atoms with Crippen LogP contribution in [0.25, 0.3) is 0 Å². The second-order valence-electron chi connectivity index (χ2n) is 6.30. The van der Waals surface area contributed by atoms with Crippen LogP contribution in [0.4, 0.5) is 11.4 Å². The molecule has 1 aliphatic rings. The van der Waals surface area contributed by atoms with Crippen LogP contribution in [0.15, 0.2) is 22.7 Å². The van der Waals surface area contributed by atoms with E-state index in [0.29, 0.717) is 11.6 Å². The van der Waals surface area contributed by atoms with Crippen molar-refractivity contribution in [2.75, 3.05) is 11.9 Å². The molecule has 19 heavy (non-hydrogen) atoms. The van der Waals surface area contributed by atoms with Gasteiger partial charge in [-0.1, -0.05) is 43.6 Å². The van der Waals surface area contributed by atoms with E-state index < -0.39 is 0 Å². The molecule has 4 nitrogen and oxygen atoms in total. The van der Waals surface area contributed by atoms with Crippen LogP contribution in [0, 0.1) is 26.9 Å². The molecule has 1 N–H and O–H groups in total. The number of nitro benzene ring substituents is 1. The number of nitro groups is 1. The summed E-state index contributed by atoms with van der Waals surface area (Å²) in [5, 5.41) is 14.3. The van der Waals surface area contributed by atoms with Gasteiger partial charge in [0.15, 0.2) is 0 Å². The minimum atomic E-state index is -0.351. The maximum Gasteiger partial charge on any atom is 0.293 e. The van der Waals surface area contributed by atoms with Crippen LogP contribution in [0.1, 0.15) is 27.7 Å². The van der Waals surface area contributed by atoms with Gasteiger partial charge in [-0.3, -0.25) is 10.1 Å². The van der Waals surface area contributed by atoms with Gasteiger partial charge in [-0.15, -0.1) is 0 Å². The summed E-state index contributed by atoms with van der Waals surface area (Å²) in [7, 11) is 0. The second kappa shape index (κ2) is 4.47. The van der Waals surface area contributed by atoms with Gasteiger partial charge in [-0.05, 0) is 28.9 Å². The fourth-order valence-electron chi connectivity index (χ4n) is 2.86. The zero-order valence-corrected chi connectivity index (χ0v) is 13.2. The Morgan fingerprint density at radius 2 is 1.89 bits per heavy atom. The van der Waals surface area contributed by atoms with Crippen molar-refractivity contribution in [1.82, 2.24) is 0 Å². The smallest absolute Gasteiger partial charge is 0.293 e. The predicted octanol–water partition coefficient (Wildman–Crippen LogP) is 4.45. The molecule has 0 aliphatic heterocycles. The molecular weight excluding hydrogens is 308 g/mol. The molecule has 0 heterocycles. The monoisotopic (exact) mass is 326 g/mol. The van der Waals surface area contributed by atoms with Crippen molar-refractivity contribution < 1.29 is 4.92 Å². The third-order valence-electron chi connectivity index (χ3n) is 4.97. The highest BCUT2D eigenvalue weighted by Crippen LogP contribution is 2.68. The van der Waals surface area contributed by atoms with Gasteiger partial charge in [0, 0.05) is 17.1 Å². The quantitative estimate of drug-likeness (QED) is 0.656. The highest BCUT2D eigenvalue weighted by molar-refractivity contribution is 9.10. The van der Waals surface area contributed by atoms with Gasteiger partial charge >= 0.3 is 0 Å². The number of halogens is 1. The number of benzene rings is 1. The first-order chi connectivity index (χ1) is 8.68. The first-order valence-electron chi connectivity index (χ1n) is 6.35. The van der Waals surface area contributed by atoms with E-state index in [1.807, 2.05) is 6.07 Å². The average molecular weight is 327 g/mol. The molecule has 1 aliphatic carbocycles. The fourth-order valence-corrected chi connectivity index (χ4v) is 3.21. The summed E-state index contributed by atoms with van der Waals surface area (Å²) in [5.41, 5.74) is 1.27. The van der Waals surface area contributed by atoms with Crippen molar-refractivity contribution in [1.29, 1.82) is 0 Å². The lowest BCUT2D eigenvalue weighted by Gasteiger charge is -2.08. The average Bonchev–Trinajstić information content (AvgIpc) is 2.68. The molecule has 1 fully saturated rings. The molecule has 1 aromatic rings. The standard InChI is InChI=1S/C14H19BrN2O2/c1-13(2)12(14(13,3)4)8-16-10-6-5-9(15)7-11(10)17(18)19/h5-7,12,16H,8H2,1-4H3. The molecule has 0 spiro atoms. The summed E-state index contributed by atoms with van der Waals surface area (Å²) in [6.45, 7) is 9.75. The molecule has 0 aromatic heterocycles. The highest BCUT2D eigenvalue weighted by atomic mass is 79.9. The van der Waals surface area contributed by atoms with Gasteiger partial charge in [-0.2, -0.15) is 0 Å². The zero-order valence-electron chi connectivity index (χ0n) is 11.7. The molecule has 0 amide bonds. The van der Waals surface area contributed by atoms with E-state index in [1.54, 1.807) is 6.07 Å². The Labute approximate surface area is 121 Å². The Hall–Kier alpha value is -1.10. The molecule has 1 saturated carbocycles. The van der Waals surface area contributed by atoms with E-state index in [1.165, 1.54) is 6.07 Å². The fraction of sp³-hybridized carbons (Fsp3) is 0.571. The van der Waals surface area contributed by atoms with Crippen LogP contribution >= 0.6 is 15.9 Å². The predicted molar refractivity (Wildman–Crippen MR) is 80.3 cm³/mol. The summed E-state index contributed by atoms with van der Waals surface area (Å²) in [5.74, 6) is 0.531. The second-order valence-corrected chi connectivity index (χ2v) is 7.21. The Kier molecular flexibility index (Phi) is 3.37. The van der Waals surface area contributed by atoms with Gasteiger partial charge in [0.25, 0.3) is 5.69 Å². The molecule has 1 aromatic carbocycles. The summed E-state index contributed by atoms with van der Waals surface area (Å²) >= 11 is 3.26. The molecule has 2 rings (SSSR count). The third-order valence-corrected chi connectivity index (χ3v) is 5.47.